The van der Waals surface area contributed by atoms with E-state index in [2.05, 4.69) is 54.4 Å². The van der Waals surface area contributed by atoms with Crippen molar-refractivity contribution in [3.8, 4) is 23.3 Å². The number of aromatic nitrogens is 1. The number of aryl methyl sites for hydroxylation is 1. The van der Waals surface area contributed by atoms with Crippen LogP contribution >= 0.6 is 0 Å². The summed E-state index contributed by atoms with van der Waals surface area (Å²) in [6.45, 7) is 6.10. The zero-order valence-corrected chi connectivity index (χ0v) is 17.2. The van der Waals surface area contributed by atoms with Gasteiger partial charge in [0.25, 0.3) is 0 Å². The monoisotopic (exact) mass is 391 g/mol. The summed E-state index contributed by atoms with van der Waals surface area (Å²) in [7, 11) is 0. The third kappa shape index (κ3) is 3.56. The maximum atomic E-state index is 9.02. The number of nitrogens with zero attached hydrogens (tertiary/aromatic N) is 3. The van der Waals surface area contributed by atoms with Crippen LogP contribution in [0.15, 0.2) is 70.7 Å². The van der Waals surface area contributed by atoms with Gasteiger partial charge in [-0.25, -0.2) is 4.98 Å². The fourth-order valence-electron chi connectivity index (χ4n) is 3.74. The van der Waals surface area contributed by atoms with E-state index in [0.29, 0.717) is 5.71 Å². The minimum Gasteiger partial charge on any atom is -0.438 e. The lowest BCUT2D eigenvalue weighted by atomic mass is 9.86. The molecule has 0 aliphatic carbocycles. The summed E-state index contributed by atoms with van der Waals surface area (Å²) in [5, 5.41) is 20.1. The van der Waals surface area contributed by atoms with Gasteiger partial charge >= 0.3 is 0 Å². The van der Waals surface area contributed by atoms with Gasteiger partial charge < -0.3 is 4.42 Å². The molecule has 0 bridgehead atoms. The van der Waals surface area contributed by atoms with Gasteiger partial charge in [0.1, 0.15) is 23.3 Å². The first kappa shape index (κ1) is 19.4. The first-order valence-corrected chi connectivity index (χ1v) is 9.92. The molecule has 2 unspecified atom stereocenters. The van der Waals surface area contributed by atoms with Gasteiger partial charge in [-0.1, -0.05) is 50.3 Å². The van der Waals surface area contributed by atoms with Crippen molar-refractivity contribution < 1.29 is 4.42 Å². The number of furan rings is 1. The molecule has 146 valence electrons. The molecule has 2 heterocycles. The van der Waals surface area contributed by atoms with Crippen LogP contribution in [0.25, 0.3) is 33.2 Å². The lowest BCUT2D eigenvalue weighted by molar-refractivity contribution is 0.590. The van der Waals surface area contributed by atoms with Crippen LogP contribution in [-0.2, 0) is 0 Å². The molecule has 4 nitrogen and oxygen atoms in total. The molecule has 0 radical (unpaired) electrons. The number of nitriles is 2. The lowest BCUT2D eigenvalue weighted by Gasteiger charge is -2.18. The number of pyridine rings is 1. The van der Waals surface area contributed by atoms with Crippen molar-refractivity contribution in [1.29, 1.82) is 10.5 Å². The van der Waals surface area contributed by atoms with Crippen molar-refractivity contribution in [3.05, 3.63) is 77.5 Å². The van der Waals surface area contributed by atoms with E-state index in [-0.39, 0.29) is 17.4 Å². The van der Waals surface area contributed by atoms with E-state index >= 15 is 0 Å². The van der Waals surface area contributed by atoms with Crippen molar-refractivity contribution >= 4 is 22.1 Å². The highest BCUT2D eigenvalue weighted by Crippen LogP contribution is 2.33. The molecule has 2 atom stereocenters. The molecule has 2 aromatic heterocycles. The fourth-order valence-corrected chi connectivity index (χ4v) is 3.74. The second-order valence-electron chi connectivity index (χ2n) is 7.70. The highest BCUT2D eigenvalue weighted by molar-refractivity contribution is 6.04. The SMILES string of the molecule is Cc1ccc2c(n1)oc1cc(-c3cccc(C(C)C(C)C=C(C#N)C#N)c3)ccc12. The maximum Gasteiger partial charge on any atom is 0.227 e. The molecule has 0 aliphatic heterocycles. The van der Waals surface area contributed by atoms with Crippen molar-refractivity contribution in [2.45, 2.75) is 26.7 Å². The molecule has 0 saturated heterocycles. The molecular formula is C26H21N3O. The number of allylic oxidation sites excluding steroid dienone is 2. The molecule has 0 aliphatic rings. The Labute approximate surface area is 175 Å². The molecule has 2 aromatic carbocycles. The average molecular weight is 391 g/mol. The van der Waals surface area contributed by atoms with E-state index in [0.717, 1.165) is 38.7 Å². The zero-order chi connectivity index (χ0) is 21.3. The molecular weight excluding hydrogens is 370 g/mol. The zero-order valence-electron chi connectivity index (χ0n) is 17.2. The molecule has 0 N–H and O–H groups in total. The van der Waals surface area contributed by atoms with Crippen LogP contribution in [0.4, 0.5) is 0 Å². The summed E-state index contributed by atoms with van der Waals surface area (Å²) >= 11 is 0. The number of fused-ring (bicyclic) bond motifs is 3. The first-order chi connectivity index (χ1) is 14.5. The lowest BCUT2D eigenvalue weighted by Crippen LogP contribution is -2.04. The molecule has 4 rings (SSSR count). The Kier molecular flexibility index (Phi) is 5.09. The second-order valence-corrected chi connectivity index (χ2v) is 7.70. The van der Waals surface area contributed by atoms with Crippen LogP contribution in [0.5, 0.6) is 0 Å². The van der Waals surface area contributed by atoms with Gasteiger partial charge in [-0.2, -0.15) is 10.5 Å². The van der Waals surface area contributed by atoms with E-state index in [1.54, 1.807) is 6.08 Å². The van der Waals surface area contributed by atoms with Crippen LogP contribution in [0.1, 0.15) is 31.0 Å². The maximum absolute atomic E-state index is 9.02. The smallest absolute Gasteiger partial charge is 0.227 e. The number of hydrogen-bond donors (Lipinski definition) is 0. The molecule has 0 fully saturated rings. The molecule has 0 spiro atoms. The Morgan fingerprint density at radius 2 is 1.70 bits per heavy atom. The number of benzene rings is 2. The van der Waals surface area contributed by atoms with Gasteiger partial charge in [-0.05, 0) is 59.7 Å². The molecule has 30 heavy (non-hydrogen) atoms. The van der Waals surface area contributed by atoms with E-state index < -0.39 is 0 Å². The minimum absolute atomic E-state index is 0.0710. The predicted octanol–water partition coefficient (Wildman–Crippen LogP) is 6.67. The van der Waals surface area contributed by atoms with Gasteiger partial charge in [-0.15, -0.1) is 0 Å². The molecule has 0 saturated carbocycles. The van der Waals surface area contributed by atoms with E-state index in [1.165, 1.54) is 0 Å². The van der Waals surface area contributed by atoms with Crippen molar-refractivity contribution in [2.24, 2.45) is 5.92 Å². The highest BCUT2D eigenvalue weighted by Gasteiger charge is 2.15. The summed E-state index contributed by atoms with van der Waals surface area (Å²) < 4.78 is 6.00. The average Bonchev–Trinajstić information content (AvgIpc) is 3.13. The molecule has 4 aromatic rings. The minimum atomic E-state index is 0.0710. The van der Waals surface area contributed by atoms with Gasteiger partial charge in [0, 0.05) is 16.5 Å². The molecule has 4 heteroatoms. The third-order valence-corrected chi connectivity index (χ3v) is 5.68. The van der Waals surface area contributed by atoms with Crippen molar-refractivity contribution in [1.82, 2.24) is 4.98 Å². The second kappa shape index (κ2) is 7.85. The summed E-state index contributed by atoms with van der Waals surface area (Å²) in [5.41, 5.74) is 5.91. The third-order valence-electron chi connectivity index (χ3n) is 5.68. The Bertz CT molecular complexity index is 1350. The number of rotatable bonds is 4. The van der Waals surface area contributed by atoms with Crippen LogP contribution in [0.2, 0.25) is 0 Å². The quantitative estimate of drug-likeness (QED) is 0.364. The summed E-state index contributed by atoms with van der Waals surface area (Å²) in [4.78, 5) is 4.49. The topological polar surface area (TPSA) is 73.6 Å². The summed E-state index contributed by atoms with van der Waals surface area (Å²) in [5.74, 6) is 0.241. The summed E-state index contributed by atoms with van der Waals surface area (Å²) in [6, 6.07) is 22.6. The van der Waals surface area contributed by atoms with Crippen LogP contribution < -0.4 is 0 Å². The highest BCUT2D eigenvalue weighted by atomic mass is 16.3. The largest absolute Gasteiger partial charge is 0.438 e. The Hall–Kier alpha value is -3.89. The van der Waals surface area contributed by atoms with E-state index in [1.807, 2.05) is 38.1 Å². The number of hydrogen-bond acceptors (Lipinski definition) is 4. The standard InChI is InChI=1S/C26H21N3O/c1-16(11-19(14-27)15-28)18(3)20-5-4-6-21(12-20)22-8-10-23-24-9-7-17(2)29-26(24)30-25(23)13-22/h4-13,16,18H,1-3H3. The van der Waals surface area contributed by atoms with E-state index in [9.17, 15) is 0 Å². The van der Waals surface area contributed by atoms with Crippen molar-refractivity contribution in [3.63, 3.8) is 0 Å². The Morgan fingerprint density at radius 1 is 0.967 bits per heavy atom. The van der Waals surface area contributed by atoms with Crippen molar-refractivity contribution in [2.75, 3.05) is 0 Å². The van der Waals surface area contributed by atoms with Gasteiger partial charge in [0.15, 0.2) is 0 Å². The van der Waals surface area contributed by atoms with Crippen LogP contribution in [0.3, 0.4) is 0 Å². The van der Waals surface area contributed by atoms with Crippen LogP contribution in [-0.4, -0.2) is 4.98 Å². The van der Waals surface area contributed by atoms with Gasteiger partial charge in [0.05, 0.1) is 0 Å². The predicted molar refractivity (Wildman–Crippen MR) is 119 cm³/mol. The first-order valence-electron chi connectivity index (χ1n) is 9.92. The Morgan fingerprint density at radius 3 is 2.47 bits per heavy atom. The fraction of sp³-hybridized carbons (Fsp3) is 0.192. The van der Waals surface area contributed by atoms with Gasteiger partial charge in [-0.3, -0.25) is 0 Å². The van der Waals surface area contributed by atoms with Gasteiger partial charge in [0.2, 0.25) is 5.71 Å². The van der Waals surface area contributed by atoms with E-state index in [4.69, 9.17) is 14.9 Å². The Balaban J connectivity index is 1.70. The normalized spacial score (nSPS) is 12.8. The summed E-state index contributed by atoms with van der Waals surface area (Å²) in [6.07, 6.45) is 1.74. The van der Waals surface area contributed by atoms with Crippen LogP contribution in [0, 0.1) is 35.5 Å². The molecule has 0 amide bonds.